The molecular formula is C13H13N3O3S. The monoisotopic (exact) mass is 291 g/mol. The molecule has 2 aromatic rings. The van der Waals surface area contributed by atoms with Crippen molar-refractivity contribution in [3.05, 3.63) is 66.0 Å². The molecule has 2 N–H and O–H groups in total. The molecule has 0 fully saturated rings. The maximum Gasteiger partial charge on any atom is 0.284 e. The molecule has 104 valence electrons. The van der Waals surface area contributed by atoms with Crippen molar-refractivity contribution in [2.24, 2.45) is 0 Å². The summed E-state index contributed by atoms with van der Waals surface area (Å²) in [7, 11) is -3.65. The van der Waals surface area contributed by atoms with Crippen molar-refractivity contribution in [2.75, 3.05) is 0 Å². The number of nitrogens with zero attached hydrogens (tertiary/aromatic N) is 1. The molecule has 1 heterocycles. The van der Waals surface area contributed by atoms with Crippen molar-refractivity contribution in [3.8, 4) is 0 Å². The molecule has 0 aliphatic carbocycles. The Hall–Kier alpha value is -2.25. The highest BCUT2D eigenvalue weighted by Gasteiger charge is 2.13. The lowest BCUT2D eigenvalue weighted by atomic mass is 10.2. The second-order valence-corrected chi connectivity index (χ2v) is 5.74. The second kappa shape index (κ2) is 6.27. The number of benzene rings is 1. The van der Waals surface area contributed by atoms with E-state index in [2.05, 4.69) is 10.4 Å². The van der Waals surface area contributed by atoms with E-state index in [-0.39, 0.29) is 11.4 Å². The first-order chi connectivity index (χ1) is 9.57. The van der Waals surface area contributed by atoms with Gasteiger partial charge in [-0.15, -0.1) is 4.83 Å². The van der Waals surface area contributed by atoms with E-state index in [9.17, 15) is 13.2 Å². The van der Waals surface area contributed by atoms with Crippen LogP contribution in [0.2, 0.25) is 0 Å². The van der Waals surface area contributed by atoms with E-state index in [1.807, 2.05) is 4.83 Å². The van der Waals surface area contributed by atoms with E-state index in [4.69, 9.17) is 0 Å². The highest BCUT2D eigenvalue weighted by atomic mass is 32.2. The highest BCUT2D eigenvalue weighted by molar-refractivity contribution is 7.88. The third-order valence-electron chi connectivity index (χ3n) is 2.42. The number of hydrazine groups is 1. The highest BCUT2D eigenvalue weighted by Crippen LogP contribution is 2.03. The number of rotatable bonds is 5. The number of carbonyl (C=O) groups excluding carboxylic acids is 1. The van der Waals surface area contributed by atoms with Crippen molar-refractivity contribution in [1.29, 1.82) is 0 Å². The predicted octanol–water partition coefficient (Wildman–Crippen LogP) is 0.846. The number of amides is 1. The van der Waals surface area contributed by atoms with Crippen LogP contribution >= 0.6 is 0 Å². The largest absolute Gasteiger partial charge is 0.284 e. The van der Waals surface area contributed by atoms with Gasteiger partial charge in [0.15, 0.2) is 0 Å². The number of carbonyl (C=O) groups is 1. The number of hydrogen-bond donors (Lipinski definition) is 2. The molecule has 0 unspecified atom stereocenters. The molecule has 2 rings (SSSR count). The topological polar surface area (TPSA) is 88.2 Å². The summed E-state index contributed by atoms with van der Waals surface area (Å²) >= 11 is 0. The van der Waals surface area contributed by atoms with Crippen LogP contribution in [0.3, 0.4) is 0 Å². The van der Waals surface area contributed by atoms with Crippen LogP contribution in [0.25, 0.3) is 0 Å². The fraction of sp³-hybridized carbons (Fsp3) is 0.0769. The Kier molecular flexibility index (Phi) is 4.44. The maximum absolute atomic E-state index is 11.8. The van der Waals surface area contributed by atoms with E-state index in [1.165, 1.54) is 12.3 Å². The van der Waals surface area contributed by atoms with Crippen molar-refractivity contribution in [1.82, 2.24) is 15.2 Å². The molecule has 0 aliphatic rings. The zero-order valence-electron chi connectivity index (χ0n) is 10.5. The number of aromatic nitrogens is 1. The SMILES string of the molecule is O=C(NNS(=O)(=O)Cc1ccccc1)c1ccccn1. The van der Waals surface area contributed by atoms with Crippen LogP contribution in [0.5, 0.6) is 0 Å². The van der Waals surface area contributed by atoms with E-state index in [0.29, 0.717) is 5.56 Å². The van der Waals surface area contributed by atoms with Gasteiger partial charge in [-0.2, -0.15) is 0 Å². The van der Waals surface area contributed by atoms with Gasteiger partial charge in [0.2, 0.25) is 10.0 Å². The fourth-order valence-corrected chi connectivity index (χ4v) is 2.47. The summed E-state index contributed by atoms with van der Waals surface area (Å²) < 4.78 is 23.6. The molecule has 0 spiro atoms. The summed E-state index contributed by atoms with van der Waals surface area (Å²) in [6.07, 6.45) is 1.45. The molecule has 7 heteroatoms. The molecule has 1 aromatic carbocycles. The first-order valence-electron chi connectivity index (χ1n) is 5.81. The summed E-state index contributed by atoms with van der Waals surface area (Å²) in [5.41, 5.74) is 2.89. The third kappa shape index (κ3) is 4.15. The molecule has 0 aliphatic heterocycles. The Labute approximate surface area is 116 Å². The van der Waals surface area contributed by atoms with E-state index in [0.717, 1.165) is 0 Å². The average molecular weight is 291 g/mol. The van der Waals surface area contributed by atoms with E-state index < -0.39 is 15.9 Å². The van der Waals surface area contributed by atoms with Gasteiger partial charge in [-0.1, -0.05) is 36.4 Å². The molecule has 1 aromatic heterocycles. The molecule has 1 amide bonds. The van der Waals surface area contributed by atoms with Crippen molar-refractivity contribution >= 4 is 15.9 Å². The van der Waals surface area contributed by atoms with Crippen molar-refractivity contribution in [2.45, 2.75) is 5.75 Å². The van der Waals surface area contributed by atoms with Gasteiger partial charge in [0, 0.05) is 6.20 Å². The third-order valence-corrected chi connectivity index (χ3v) is 3.54. The molecule has 0 radical (unpaired) electrons. The van der Waals surface area contributed by atoms with Gasteiger partial charge < -0.3 is 0 Å². The lowest BCUT2D eigenvalue weighted by molar-refractivity contribution is 0.0940. The zero-order chi connectivity index (χ0) is 14.4. The summed E-state index contributed by atoms with van der Waals surface area (Å²) in [5.74, 6) is -0.821. The lowest BCUT2D eigenvalue weighted by Gasteiger charge is -2.08. The van der Waals surface area contributed by atoms with Crippen LogP contribution in [0.15, 0.2) is 54.7 Å². The average Bonchev–Trinajstić information content (AvgIpc) is 2.46. The smallest absolute Gasteiger partial charge is 0.272 e. The first kappa shape index (κ1) is 14.2. The number of hydrogen-bond acceptors (Lipinski definition) is 4. The molecule has 0 bridgehead atoms. The Morgan fingerprint density at radius 3 is 2.40 bits per heavy atom. The fourth-order valence-electron chi connectivity index (χ4n) is 1.51. The Morgan fingerprint density at radius 2 is 1.75 bits per heavy atom. The summed E-state index contributed by atoms with van der Waals surface area (Å²) in [4.78, 5) is 17.5. The first-order valence-corrected chi connectivity index (χ1v) is 7.47. The zero-order valence-corrected chi connectivity index (χ0v) is 11.3. The van der Waals surface area contributed by atoms with E-state index in [1.54, 1.807) is 42.5 Å². The maximum atomic E-state index is 11.8. The Morgan fingerprint density at radius 1 is 1.05 bits per heavy atom. The van der Waals surface area contributed by atoms with Crippen LogP contribution in [-0.4, -0.2) is 19.3 Å². The van der Waals surface area contributed by atoms with Gasteiger partial charge in [0.1, 0.15) is 5.69 Å². The quantitative estimate of drug-likeness (QED) is 0.799. The summed E-state index contributed by atoms with van der Waals surface area (Å²) in [6.45, 7) is 0. The minimum Gasteiger partial charge on any atom is -0.272 e. The van der Waals surface area contributed by atoms with Crippen LogP contribution in [0, 0.1) is 0 Å². The Bertz CT molecular complexity index is 673. The minimum absolute atomic E-state index is 0.134. The van der Waals surface area contributed by atoms with Gasteiger partial charge in [0.25, 0.3) is 5.91 Å². The predicted molar refractivity (Wildman–Crippen MR) is 73.9 cm³/mol. The molecular weight excluding hydrogens is 278 g/mol. The summed E-state index contributed by atoms with van der Waals surface area (Å²) in [6, 6.07) is 13.5. The van der Waals surface area contributed by atoms with E-state index >= 15 is 0 Å². The molecule has 0 saturated carbocycles. The number of nitrogens with one attached hydrogen (secondary N) is 2. The van der Waals surface area contributed by atoms with Gasteiger partial charge in [-0.3, -0.25) is 15.2 Å². The van der Waals surface area contributed by atoms with Crippen molar-refractivity contribution in [3.63, 3.8) is 0 Å². The Balaban J connectivity index is 1.95. The number of sulfonamides is 1. The molecule has 6 nitrogen and oxygen atoms in total. The number of pyridine rings is 1. The van der Waals surface area contributed by atoms with Gasteiger partial charge in [0.05, 0.1) is 5.75 Å². The normalized spacial score (nSPS) is 11.0. The van der Waals surface area contributed by atoms with Gasteiger partial charge >= 0.3 is 0 Å². The second-order valence-electron chi connectivity index (χ2n) is 4.02. The van der Waals surface area contributed by atoms with Crippen LogP contribution in [0.4, 0.5) is 0 Å². The van der Waals surface area contributed by atoms with Gasteiger partial charge in [-0.25, -0.2) is 8.42 Å². The standard InChI is InChI=1S/C13H13N3O3S/c17-13(12-8-4-5-9-14-12)15-16-20(18,19)10-11-6-2-1-3-7-11/h1-9,16H,10H2,(H,15,17). The molecule has 0 atom stereocenters. The molecule has 0 saturated heterocycles. The van der Waals surface area contributed by atoms with Crippen LogP contribution < -0.4 is 10.3 Å². The minimum atomic E-state index is -3.65. The van der Waals surface area contributed by atoms with Crippen LogP contribution in [0.1, 0.15) is 16.1 Å². The molecule has 20 heavy (non-hydrogen) atoms. The van der Waals surface area contributed by atoms with Crippen molar-refractivity contribution < 1.29 is 13.2 Å². The van der Waals surface area contributed by atoms with Crippen LogP contribution in [-0.2, 0) is 15.8 Å². The van der Waals surface area contributed by atoms with Gasteiger partial charge in [-0.05, 0) is 17.7 Å². The summed E-state index contributed by atoms with van der Waals surface area (Å²) in [5, 5.41) is 0. The lowest BCUT2D eigenvalue weighted by Crippen LogP contribution is -2.42.